The summed E-state index contributed by atoms with van der Waals surface area (Å²) < 4.78 is 0. The minimum Gasteiger partial charge on any atom is -0.481 e. The topological polar surface area (TPSA) is 104 Å². The first-order chi connectivity index (χ1) is 10.5. The van der Waals surface area contributed by atoms with Gasteiger partial charge < -0.3 is 15.5 Å². The van der Waals surface area contributed by atoms with E-state index < -0.39 is 30.3 Å². The van der Waals surface area contributed by atoms with Gasteiger partial charge in [-0.3, -0.25) is 9.59 Å². The van der Waals surface area contributed by atoms with Crippen LogP contribution in [0, 0.1) is 0 Å². The number of carbonyl (C=O) groups excluding carboxylic acids is 1. The summed E-state index contributed by atoms with van der Waals surface area (Å²) in [4.78, 5) is 32.9. The number of nitrogens with one attached hydrogen (secondary N) is 1. The van der Waals surface area contributed by atoms with Crippen LogP contribution in [0.3, 0.4) is 0 Å². The zero-order chi connectivity index (χ0) is 16.8. The second-order valence-electron chi connectivity index (χ2n) is 5.63. The van der Waals surface area contributed by atoms with E-state index in [0.717, 1.165) is 12.8 Å². The van der Waals surface area contributed by atoms with E-state index in [-0.39, 0.29) is 25.9 Å². The Balaban J connectivity index is 0. The summed E-state index contributed by atoms with van der Waals surface area (Å²) in [7, 11) is 0. The van der Waals surface area contributed by atoms with Crippen molar-refractivity contribution in [1.29, 1.82) is 0 Å². The summed E-state index contributed by atoms with van der Waals surface area (Å²) in [5, 5.41) is 19.7. The molecule has 0 aliphatic rings. The fourth-order valence-electron chi connectivity index (χ4n) is 2.24. The number of hydrogen-bond acceptors (Lipinski definition) is 3. The molecular weight excluding hydrogens is 352 g/mol. The molecule has 0 saturated carbocycles. The van der Waals surface area contributed by atoms with Gasteiger partial charge in [-0.05, 0) is 6.42 Å². The van der Waals surface area contributed by atoms with E-state index in [1.807, 2.05) is 0 Å². The molecule has 0 aromatic rings. The first-order valence-electron chi connectivity index (χ1n) is 8.21. The molecule has 0 radical (unpaired) electrons. The van der Waals surface area contributed by atoms with Gasteiger partial charge in [-0.2, -0.15) is 0 Å². The van der Waals surface area contributed by atoms with Gasteiger partial charge in [0.2, 0.25) is 5.91 Å². The summed E-state index contributed by atoms with van der Waals surface area (Å²) in [5.74, 6) is -2.95. The van der Waals surface area contributed by atoms with Crippen LogP contribution in [0.5, 0.6) is 0 Å². The molecule has 7 heteroatoms. The molecule has 1 atom stereocenters. The minimum atomic E-state index is -1.34. The van der Waals surface area contributed by atoms with Crippen molar-refractivity contribution >= 4 is 17.8 Å². The minimum absolute atomic E-state index is 0. The molecule has 3 N–H and O–H groups in total. The van der Waals surface area contributed by atoms with Crippen molar-refractivity contribution in [2.75, 3.05) is 0 Å². The van der Waals surface area contributed by atoms with Crippen LogP contribution in [0.4, 0.5) is 0 Å². The van der Waals surface area contributed by atoms with Gasteiger partial charge >= 0.3 is 11.9 Å². The zero-order valence-corrected chi connectivity index (χ0v) is 17.1. The Morgan fingerprint density at radius 2 is 1.35 bits per heavy atom. The average molecular weight is 381 g/mol. The molecule has 6 nitrogen and oxygen atoms in total. The predicted molar refractivity (Wildman–Crippen MR) is 83.7 cm³/mol. The molecule has 23 heavy (non-hydrogen) atoms. The Kier molecular flexibility index (Phi) is 16.8. The number of carbonyl (C=O) groups is 3. The fraction of sp³-hybridized carbons (Fsp3) is 0.812. The summed E-state index contributed by atoms with van der Waals surface area (Å²) in [6.07, 6.45) is 9.87. The van der Waals surface area contributed by atoms with Gasteiger partial charge in [0.25, 0.3) is 0 Å². The Labute approximate surface area is 151 Å². The largest absolute Gasteiger partial charge is 0.481 e. The van der Waals surface area contributed by atoms with Crippen LogP contribution in [0.25, 0.3) is 0 Å². The number of hydrogen-bond donors (Lipinski definition) is 3. The van der Waals surface area contributed by atoms with E-state index in [1.165, 1.54) is 38.5 Å². The molecule has 0 fully saturated rings. The summed E-state index contributed by atoms with van der Waals surface area (Å²) in [5.41, 5.74) is 0. The van der Waals surface area contributed by atoms with Gasteiger partial charge in [-0.25, -0.2) is 4.79 Å². The normalized spacial score (nSPS) is 11.3. The Morgan fingerprint density at radius 3 is 1.78 bits per heavy atom. The number of carboxylic acids is 2. The summed E-state index contributed by atoms with van der Waals surface area (Å²) in [6.45, 7) is 2.19. The molecular formula is C16H29NO5Zn. The molecule has 0 heterocycles. The smallest absolute Gasteiger partial charge is 0.326 e. The van der Waals surface area contributed by atoms with Gasteiger partial charge in [-0.1, -0.05) is 58.3 Å². The number of aliphatic carboxylic acids is 2. The van der Waals surface area contributed by atoms with Gasteiger partial charge in [0.05, 0.1) is 6.42 Å². The molecule has 0 aromatic heterocycles. The monoisotopic (exact) mass is 379 g/mol. The molecule has 1 amide bonds. The summed E-state index contributed by atoms with van der Waals surface area (Å²) >= 11 is 0. The Hall–Kier alpha value is -0.967. The van der Waals surface area contributed by atoms with Crippen molar-refractivity contribution in [2.45, 2.75) is 83.6 Å². The van der Waals surface area contributed by atoms with Crippen molar-refractivity contribution in [3.63, 3.8) is 0 Å². The van der Waals surface area contributed by atoms with Crippen molar-refractivity contribution < 1.29 is 44.1 Å². The third-order valence-electron chi connectivity index (χ3n) is 3.52. The van der Waals surface area contributed by atoms with Crippen molar-refractivity contribution in [3.05, 3.63) is 0 Å². The fourth-order valence-corrected chi connectivity index (χ4v) is 2.24. The average Bonchev–Trinajstić information content (AvgIpc) is 2.44. The maximum Gasteiger partial charge on any atom is 0.326 e. The van der Waals surface area contributed by atoms with E-state index in [1.54, 1.807) is 0 Å². The SMILES string of the molecule is CCCCCCCCCCCC(=O)NC(CC(=O)O)C(=O)O.[Zn]. The first-order valence-corrected chi connectivity index (χ1v) is 8.21. The summed E-state index contributed by atoms with van der Waals surface area (Å²) in [6, 6.07) is -1.34. The van der Waals surface area contributed by atoms with Crippen LogP contribution in [0.1, 0.15) is 77.6 Å². The quantitative estimate of drug-likeness (QED) is 0.317. The molecule has 0 saturated heterocycles. The molecule has 0 aliphatic carbocycles. The van der Waals surface area contributed by atoms with Crippen LogP contribution in [-0.2, 0) is 33.9 Å². The maximum absolute atomic E-state index is 11.6. The Morgan fingerprint density at radius 1 is 0.870 bits per heavy atom. The number of amides is 1. The Bertz CT molecular complexity index is 349. The van der Waals surface area contributed by atoms with E-state index >= 15 is 0 Å². The third-order valence-corrected chi connectivity index (χ3v) is 3.52. The first kappa shape index (κ1) is 24.3. The van der Waals surface area contributed by atoms with Crippen LogP contribution in [0.2, 0.25) is 0 Å². The zero-order valence-electron chi connectivity index (χ0n) is 14.2. The molecule has 130 valence electrons. The maximum atomic E-state index is 11.6. The molecule has 1 unspecified atom stereocenters. The van der Waals surface area contributed by atoms with E-state index in [2.05, 4.69) is 12.2 Å². The van der Waals surface area contributed by atoms with Crippen molar-refractivity contribution in [3.8, 4) is 0 Å². The van der Waals surface area contributed by atoms with Gasteiger partial charge in [-0.15, -0.1) is 0 Å². The standard InChI is InChI=1S/C16H29NO5.Zn/c1-2-3-4-5-6-7-8-9-10-11-14(18)17-13(16(21)22)12-15(19)20;/h13H,2-12H2,1H3,(H,17,18)(H,19,20)(H,21,22);. The number of rotatable bonds is 14. The van der Waals surface area contributed by atoms with Gasteiger partial charge in [0, 0.05) is 25.9 Å². The molecule has 0 spiro atoms. The number of unbranched alkanes of at least 4 members (excludes halogenated alkanes) is 8. The van der Waals surface area contributed by atoms with E-state index in [9.17, 15) is 14.4 Å². The molecule has 0 bridgehead atoms. The van der Waals surface area contributed by atoms with Gasteiger partial charge in [0.15, 0.2) is 0 Å². The second-order valence-corrected chi connectivity index (χ2v) is 5.63. The van der Waals surface area contributed by atoms with Crippen LogP contribution in [0.15, 0.2) is 0 Å². The second kappa shape index (κ2) is 15.9. The molecule has 0 aliphatic heterocycles. The van der Waals surface area contributed by atoms with Gasteiger partial charge in [0.1, 0.15) is 6.04 Å². The van der Waals surface area contributed by atoms with Crippen LogP contribution >= 0.6 is 0 Å². The molecule has 0 rings (SSSR count). The van der Waals surface area contributed by atoms with E-state index in [4.69, 9.17) is 10.2 Å². The van der Waals surface area contributed by atoms with E-state index in [0.29, 0.717) is 6.42 Å². The number of carboxylic acid groups (broad SMARTS) is 2. The predicted octanol–water partition coefficient (Wildman–Crippen LogP) is 2.95. The van der Waals surface area contributed by atoms with Crippen LogP contribution < -0.4 is 5.32 Å². The van der Waals surface area contributed by atoms with Crippen molar-refractivity contribution in [2.24, 2.45) is 0 Å². The van der Waals surface area contributed by atoms with Crippen LogP contribution in [-0.4, -0.2) is 34.1 Å². The van der Waals surface area contributed by atoms with Crippen molar-refractivity contribution in [1.82, 2.24) is 5.32 Å². The molecule has 0 aromatic carbocycles. The third kappa shape index (κ3) is 15.7.